The summed E-state index contributed by atoms with van der Waals surface area (Å²) in [6.45, 7) is 2.62. The summed E-state index contributed by atoms with van der Waals surface area (Å²) in [5.74, 6) is 0.584. The number of fused-ring (bicyclic) bond motifs is 1. The van der Waals surface area contributed by atoms with Gasteiger partial charge in [-0.15, -0.1) is 0 Å². The molecule has 3 rings (SSSR count). The van der Waals surface area contributed by atoms with Crippen LogP contribution in [-0.4, -0.2) is 34.7 Å². The average molecular weight is 283 g/mol. The van der Waals surface area contributed by atoms with E-state index < -0.39 is 0 Å². The number of nitrogens with one attached hydrogen (secondary N) is 2. The van der Waals surface area contributed by atoms with Crippen LogP contribution in [0.2, 0.25) is 0 Å². The van der Waals surface area contributed by atoms with Crippen molar-refractivity contribution in [3.63, 3.8) is 0 Å². The first-order valence-electron chi connectivity index (χ1n) is 7.39. The van der Waals surface area contributed by atoms with Crippen molar-refractivity contribution in [1.29, 1.82) is 5.26 Å². The number of para-hydroxylation sites is 2. The van der Waals surface area contributed by atoms with E-state index in [2.05, 4.69) is 16.0 Å². The second kappa shape index (κ2) is 5.98. The number of aromatic amines is 1. The molecule has 1 saturated heterocycles. The van der Waals surface area contributed by atoms with Gasteiger partial charge in [0.05, 0.1) is 24.1 Å². The Kier molecular flexibility index (Phi) is 3.89. The maximum absolute atomic E-state index is 10.3. The molecule has 0 saturated carbocycles. The predicted octanol–water partition coefficient (Wildman–Crippen LogP) is 1.42. The molecule has 0 atom stereocenters. The lowest BCUT2D eigenvalue weighted by Crippen LogP contribution is -3.13. The first-order valence-corrected chi connectivity index (χ1v) is 7.39. The molecule has 1 aromatic heterocycles. The van der Waals surface area contributed by atoms with Crippen LogP contribution in [0.4, 0.5) is 0 Å². The Morgan fingerprint density at radius 3 is 2.76 bits per heavy atom. The first-order chi connectivity index (χ1) is 10.3. The fourth-order valence-electron chi connectivity index (χ4n) is 2.88. The van der Waals surface area contributed by atoms with Gasteiger partial charge in [-0.25, -0.2) is 4.98 Å². The van der Waals surface area contributed by atoms with Crippen molar-refractivity contribution in [3.8, 4) is 6.07 Å². The summed E-state index contributed by atoms with van der Waals surface area (Å²) in [5, 5.41) is 19.7. The number of nitrogens with zero attached hydrogens (tertiary/aromatic N) is 2. The topological polar surface area (TPSA) is 77.1 Å². The molecule has 0 amide bonds. The molecule has 1 aromatic carbocycles. The zero-order chi connectivity index (χ0) is 14.7. The molecule has 1 fully saturated rings. The van der Waals surface area contributed by atoms with Gasteiger partial charge >= 0.3 is 0 Å². The quantitative estimate of drug-likeness (QED) is 0.589. The summed E-state index contributed by atoms with van der Waals surface area (Å²) in [5.41, 5.74) is 1.93. The van der Waals surface area contributed by atoms with Crippen LogP contribution in [-0.2, 0) is 0 Å². The molecule has 3 N–H and O–H groups in total. The molecular formula is C16H19N4O+. The molecule has 21 heavy (non-hydrogen) atoms. The lowest BCUT2D eigenvalue weighted by Gasteiger charge is -2.23. The van der Waals surface area contributed by atoms with E-state index in [1.54, 1.807) is 0 Å². The van der Waals surface area contributed by atoms with E-state index >= 15 is 0 Å². The highest BCUT2D eigenvalue weighted by atomic mass is 16.3. The van der Waals surface area contributed by atoms with Gasteiger partial charge < -0.3 is 15.0 Å². The second-order valence-corrected chi connectivity index (χ2v) is 5.52. The summed E-state index contributed by atoms with van der Waals surface area (Å²) >= 11 is 0. The minimum atomic E-state index is 0.133. The Morgan fingerprint density at radius 2 is 2.05 bits per heavy atom. The van der Waals surface area contributed by atoms with E-state index in [9.17, 15) is 10.4 Å². The van der Waals surface area contributed by atoms with Gasteiger partial charge in [0.1, 0.15) is 18.2 Å². The van der Waals surface area contributed by atoms with E-state index in [0.29, 0.717) is 12.4 Å². The number of nitriles is 1. The van der Waals surface area contributed by atoms with Gasteiger partial charge in [0.2, 0.25) is 0 Å². The van der Waals surface area contributed by atoms with Crippen LogP contribution in [0, 0.1) is 11.3 Å². The molecule has 0 bridgehead atoms. The van der Waals surface area contributed by atoms with Crippen LogP contribution in [0.5, 0.6) is 0 Å². The minimum Gasteiger partial charge on any atom is -0.506 e. The van der Waals surface area contributed by atoms with Crippen molar-refractivity contribution >= 4 is 16.6 Å². The zero-order valence-electron chi connectivity index (χ0n) is 11.9. The molecule has 1 aliphatic rings. The molecule has 2 aromatic rings. The molecule has 0 aliphatic carbocycles. The number of imidazole rings is 1. The molecule has 5 nitrogen and oxygen atoms in total. The van der Waals surface area contributed by atoms with E-state index in [1.807, 2.05) is 24.3 Å². The van der Waals surface area contributed by atoms with Gasteiger partial charge in [-0.05, 0) is 31.4 Å². The summed E-state index contributed by atoms with van der Waals surface area (Å²) in [6, 6.07) is 9.71. The van der Waals surface area contributed by atoms with Crippen molar-refractivity contribution < 1.29 is 10.0 Å². The third-order valence-electron chi connectivity index (χ3n) is 4.00. The summed E-state index contributed by atoms with van der Waals surface area (Å²) in [7, 11) is 0. The predicted molar refractivity (Wildman–Crippen MR) is 80.7 cm³/mol. The minimum absolute atomic E-state index is 0.133. The third kappa shape index (κ3) is 2.91. The average Bonchev–Trinajstić information content (AvgIpc) is 2.92. The smallest absolute Gasteiger partial charge is 0.169 e. The van der Waals surface area contributed by atoms with Crippen LogP contribution in [0.1, 0.15) is 25.1 Å². The number of rotatable bonds is 3. The highest BCUT2D eigenvalue weighted by molar-refractivity contribution is 5.82. The van der Waals surface area contributed by atoms with Gasteiger partial charge in [-0.2, -0.15) is 5.26 Å². The van der Waals surface area contributed by atoms with Crippen LogP contribution >= 0.6 is 0 Å². The molecule has 1 aliphatic heterocycles. The van der Waals surface area contributed by atoms with Gasteiger partial charge in [0.15, 0.2) is 11.6 Å². The number of aliphatic hydroxyl groups excluding tert-OH is 1. The van der Waals surface area contributed by atoms with E-state index in [1.165, 1.54) is 24.2 Å². The van der Waals surface area contributed by atoms with Crippen molar-refractivity contribution in [2.24, 2.45) is 0 Å². The zero-order valence-corrected chi connectivity index (χ0v) is 11.9. The van der Waals surface area contributed by atoms with Crippen LogP contribution in [0.15, 0.2) is 30.0 Å². The van der Waals surface area contributed by atoms with Crippen LogP contribution in [0.3, 0.4) is 0 Å². The number of aromatic nitrogens is 2. The molecule has 5 heteroatoms. The lowest BCUT2D eigenvalue weighted by molar-refractivity contribution is -0.901. The van der Waals surface area contributed by atoms with Gasteiger partial charge in [0.25, 0.3) is 0 Å². The Bertz CT molecular complexity index is 671. The Balaban J connectivity index is 1.88. The molecular weight excluding hydrogens is 264 g/mol. The SMILES string of the molecule is N#CC(=C(O)C[NH+]1CCCCC1)c1nc2ccccc2[nH]1. The fourth-order valence-corrected chi connectivity index (χ4v) is 2.88. The van der Waals surface area contributed by atoms with Gasteiger partial charge in [-0.3, -0.25) is 0 Å². The number of H-pyrrole nitrogens is 1. The number of hydrogen-bond donors (Lipinski definition) is 3. The fraction of sp³-hybridized carbons (Fsp3) is 0.375. The Hall–Kier alpha value is -2.32. The molecule has 0 radical (unpaired) electrons. The maximum atomic E-state index is 10.3. The second-order valence-electron chi connectivity index (χ2n) is 5.52. The summed E-state index contributed by atoms with van der Waals surface area (Å²) in [4.78, 5) is 8.83. The third-order valence-corrected chi connectivity index (χ3v) is 4.00. The number of quaternary nitrogens is 1. The monoisotopic (exact) mass is 283 g/mol. The highest BCUT2D eigenvalue weighted by Gasteiger charge is 2.19. The number of allylic oxidation sites excluding steroid dienone is 1. The lowest BCUT2D eigenvalue weighted by atomic mass is 10.1. The Labute approximate surface area is 123 Å². The van der Waals surface area contributed by atoms with Gasteiger partial charge in [-0.1, -0.05) is 12.1 Å². The first kappa shape index (κ1) is 13.7. The molecule has 2 heterocycles. The van der Waals surface area contributed by atoms with Gasteiger partial charge in [0, 0.05) is 0 Å². The van der Waals surface area contributed by atoms with Crippen molar-refractivity contribution in [2.45, 2.75) is 19.3 Å². The summed E-state index contributed by atoms with van der Waals surface area (Å²) < 4.78 is 0. The van der Waals surface area contributed by atoms with Crippen LogP contribution in [0.25, 0.3) is 16.6 Å². The van der Waals surface area contributed by atoms with Crippen LogP contribution < -0.4 is 4.90 Å². The van der Waals surface area contributed by atoms with Crippen molar-refractivity contribution in [1.82, 2.24) is 9.97 Å². The van der Waals surface area contributed by atoms with E-state index in [0.717, 1.165) is 24.1 Å². The molecule has 108 valence electrons. The molecule has 0 spiro atoms. The normalized spacial score (nSPS) is 17.5. The molecule has 0 unspecified atom stereocenters. The number of benzene rings is 1. The standard InChI is InChI=1S/C16H18N4O/c17-10-12(15(21)11-20-8-4-1-5-9-20)16-18-13-6-2-3-7-14(13)19-16/h2-3,6-7,21H,1,4-5,8-9,11H2,(H,18,19)/p+1. The number of aliphatic hydroxyl groups is 1. The Morgan fingerprint density at radius 1 is 1.29 bits per heavy atom. The van der Waals surface area contributed by atoms with Crippen molar-refractivity contribution in [3.05, 3.63) is 35.8 Å². The maximum Gasteiger partial charge on any atom is 0.169 e. The highest BCUT2D eigenvalue weighted by Crippen LogP contribution is 2.18. The van der Waals surface area contributed by atoms with E-state index in [4.69, 9.17) is 0 Å². The number of likely N-dealkylation sites (tertiary alicyclic amines) is 1. The number of hydrogen-bond acceptors (Lipinski definition) is 3. The number of piperidine rings is 1. The summed E-state index contributed by atoms with van der Waals surface area (Å²) in [6.07, 6.45) is 3.65. The van der Waals surface area contributed by atoms with E-state index in [-0.39, 0.29) is 11.3 Å². The van der Waals surface area contributed by atoms with Crippen molar-refractivity contribution in [2.75, 3.05) is 19.6 Å². The largest absolute Gasteiger partial charge is 0.506 e.